The van der Waals surface area contributed by atoms with Gasteiger partial charge in [0.15, 0.2) is 0 Å². The van der Waals surface area contributed by atoms with Gasteiger partial charge in [0.2, 0.25) is 0 Å². The van der Waals surface area contributed by atoms with E-state index in [1.807, 2.05) is 13.0 Å². The van der Waals surface area contributed by atoms with Crippen molar-refractivity contribution in [2.24, 2.45) is 0 Å². The average molecular weight is 298 g/mol. The molecule has 1 unspecified atom stereocenters. The SMILES string of the molecule is CCN1CCCC1CNc1ccc(Br)c(C)n1. The Kier molecular flexibility index (Phi) is 4.40. The molecule has 1 saturated heterocycles. The third-order valence-electron chi connectivity index (χ3n) is 3.45. The standard InChI is InChI=1S/C13H20BrN3/c1-3-17-8-4-5-11(17)9-15-13-7-6-12(14)10(2)16-13/h6-7,11H,3-5,8-9H2,1-2H3,(H,15,16). The molecule has 94 valence electrons. The van der Waals surface area contributed by atoms with E-state index in [2.05, 4.69) is 44.1 Å². The molecule has 2 rings (SSSR count). The van der Waals surface area contributed by atoms with Crippen molar-refractivity contribution >= 4 is 21.7 Å². The lowest BCUT2D eigenvalue weighted by Crippen LogP contribution is -2.34. The maximum atomic E-state index is 4.51. The summed E-state index contributed by atoms with van der Waals surface area (Å²) >= 11 is 3.47. The number of nitrogens with zero attached hydrogens (tertiary/aromatic N) is 2. The molecule has 0 radical (unpaired) electrons. The highest BCUT2D eigenvalue weighted by Crippen LogP contribution is 2.19. The van der Waals surface area contributed by atoms with Gasteiger partial charge in [0.1, 0.15) is 5.82 Å². The minimum atomic E-state index is 0.672. The summed E-state index contributed by atoms with van der Waals surface area (Å²) in [5, 5.41) is 3.45. The molecule has 1 aromatic heterocycles. The molecule has 1 atom stereocenters. The number of aromatic nitrogens is 1. The Labute approximate surface area is 112 Å². The topological polar surface area (TPSA) is 28.2 Å². The summed E-state index contributed by atoms with van der Waals surface area (Å²) in [6.07, 6.45) is 2.63. The number of likely N-dealkylation sites (tertiary alicyclic amines) is 1. The number of nitrogens with one attached hydrogen (secondary N) is 1. The summed E-state index contributed by atoms with van der Waals surface area (Å²) in [5.74, 6) is 0.980. The normalized spacial score (nSPS) is 20.8. The Balaban J connectivity index is 1.91. The van der Waals surface area contributed by atoms with E-state index in [-0.39, 0.29) is 0 Å². The van der Waals surface area contributed by atoms with Crippen LogP contribution in [0.5, 0.6) is 0 Å². The first-order valence-corrected chi connectivity index (χ1v) is 7.11. The van der Waals surface area contributed by atoms with Crippen LogP contribution in [0.3, 0.4) is 0 Å². The molecule has 4 heteroatoms. The Morgan fingerprint density at radius 3 is 3.06 bits per heavy atom. The lowest BCUT2D eigenvalue weighted by atomic mass is 10.2. The van der Waals surface area contributed by atoms with Gasteiger partial charge in [-0.05, 0) is 60.9 Å². The zero-order valence-corrected chi connectivity index (χ0v) is 12.1. The number of hydrogen-bond acceptors (Lipinski definition) is 3. The smallest absolute Gasteiger partial charge is 0.126 e. The lowest BCUT2D eigenvalue weighted by Gasteiger charge is -2.23. The molecule has 3 nitrogen and oxygen atoms in total. The van der Waals surface area contributed by atoms with E-state index in [9.17, 15) is 0 Å². The molecule has 1 aliphatic rings. The Hall–Kier alpha value is -0.610. The number of halogens is 1. The molecular formula is C13H20BrN3. The molecule has 0 saturated carbocycles. The second kappa shape index (κ2) is 5.83. The maximum absolute atomic E-state index is 4.51. The van der Waals surface area contributed by atoms with Crippen molar-refractivity contribution in [2.75, 3.05) is 25.0 Å². The second-order valence-corrected chi connectivity index (χ2v) is 5.42. The molecule has 1 aromatic rings. The van der Waals surface area contributed by atoms with Crippen LogP contribution < -0.4 is 5.32 Å². The molecular weight excluding hydrogens is 278 g/mol. The fraction of sp³-hybridized carbons (Fsp3) is 0.615. The second-order valence-electron chi connectivity index (χ2n) is 4.57. The summed E-state index contributed by atoms with van der Waals surface area (Å²) in [6.45, 7) is 7.65. The Morgan fingerprint density at radius 1 is 1.53 bits per heavy atom. The number of aryl methyl sites for hydroxylation is 1. The van der Waals surface area contributed by atoms with Crippen LogP contribution >= 0.6 is 15.9 Å². The van der Waals surface area contributed by atoms with Gasteiger partial charge in [0.05, 0.1) is 5.69 Å². The zero-order valence-electron chi connectivity index (χ0n) is 10.5. The Bertz CT molecular complexity index is 381. The van der Waals surface area contributed by atoms with Gasteiger partial charge in [0.25, 0.3) is 0 Å². The van der Waals surface area contributed by atoms with Crippen LogP contribution in [0.1, 0.15) is 25.5 Å². The first-order chi connectivity index (χ1) is 8.20. The molecule has 2 heterocycles. The van der Waals surface area contributed by atoms with Crippen LogP contribution in [-0.2, 0) is 0 Å². The minimum absolute atomic E-state index is 0.672. The zero-order chi connectivity index (χ0) is 12.3. The van der Waals surface area contributed by atoms with E-state index in [1.54, 1.807) is 0 Å². The third-order valence-corrected chi connectivity index (χ3v) is 4.28. The molecule has 1 N–H and O–H groups in total. The highest BCUT2D eigenvalue weighted by molar-refractivity contribution is 9.10. The summed E-state index contributed by atoms with van der Waals surface area (Å²) in [7, 11) is 0. The van der Waals surface area contributed by atoms with E-state index >= 15 is 0 Å². The summed E-state index contributed by atoms with van der Waals surface area (Å²) < 4.78 is 1.07. The van der Waals surface area contributed by atoms with E-state index in [0.29, 0.717) is 6.04 Å². The van der Waals surface area contributed by atoms with Gasteiger partial charge in [-0.1, -0.05) is 6.92 Å². The molecule has 0 aromatic carbocycles. The van der Waals surface area contributed by atoms with Crippen molar-refractivity contribution in [3.63, 3.8) is 0 Å². The van der Waals surface area contributed by atoms with Crippen molar-refractivity contribution in [3.05, 3.63) is 22.3 Å². The van der Waals surface area contributed by atoms with Gasteiger partial charge < -0.3 is 5.32 Å². The molecule has 0 bridgehead atoms. The van der Waals surface area contributed by atoms with Gasteiger partial charge in [-0.2, -0.15) is 0 Å². The van der Waals surface area contributed by atoms with Gasteiger partial charge in [-0.15, -0.1) is 0 Å². The van der Waals surface area contributed by atoms with Gasteiger partial charge >= 0.3 is 0 Å². The van der Waals surface area contributed by atoms with Crippen LogP contribution in [0, 0.1) is 6.92 Å². The van der Waals surface area contributed by atoms with Crippen LogP contribution in [0.2, 0.25) is 0 Å². The number of pyridine rings is 1. The predicted molar refractivity (Wildman–Crippen MR) is 75.4 cm³/mol. The number of anilines is 1. The van der Waals surface area contributed by atoms with Crippen molar-refractivity contribution < 1.29 is 0 Å². The molecule has 17 heavy (non-hydrogen) atoms. The van der Waals surface area contributed by atoms with Crippen LogP contribution in [0.4, 0.5) is 5.82 Å². The molecule has 1 aliphatic heterocycles. The number of hydrogen-bond donors (Lipinski definition) is 1. The van der Waals surface area contributed by atoms with Crippen molar-refractivity contribution in [1.82, 2.24) is 9.88 Å². The quantitative estimate of drug-likeness (QED) is 0.926. The van der Waals surface area contributed by atoms with E-state index in [1.165, 1.54) is 19.4 Å². The molecule has 0 amide bonds. The van der Waals surface area contributed by atoms with Crippen LogP contribution in [-0.4, -0.2) is 35.6 Å². The maximum Gasteiger partial charge on any atom is 0.126 e. The minimum Gasteiger partial charge on any atom is -0.368 e. The summed E-state index contributed by atoms with van der Waals surface area (Å²) in [6, 6.07) is 4.75. The predicted octanol–water partition coefficient (Wildman–Crippen LogP) is 3.05. The van der Waals surface area contributed by atoms with E-state index in [4.69, 9.17) is 0 Å². The van der Waals surface area contributed by atoms with Crippen molar-refractivity contribution in [2.45, 2.75) is 32.7 Å². The van der Waals surface area contributed by atoms with Crippen molar-refractivity contribution in [1.29, 1.82) is 0 Å². The third kappa shape index (κ3) is 3.19. The summed E-state index contributed by atoms with van der Waals surface area (Å²) in [4.78, 5) is 7.05. The first-order valence-electron chi connectivity index (χ1n) is 6.31. The first kappa shape index (κ1) is 12.8. The average Bonchev–Trinajstić information content (AvgIpc) is 2.78. The molecule has 0 spiro atoms. The fourth-order valence-electron chi connectivity index (χ4n) is 2.41. The summed E-state index contributed by atoms with van der Waals surface area (Å²) in [5.41, 5.74) is 1.04. The molecule has 1 fully saturated rings. The highest BCUT2D eigenvalue weighted by atomic mass is 79.9. The number of rotatable bonds is 4. The monoisotopic (exact) mass is 297 g/mol. The van der Waals surface area contributed by atoms with Gasteiger partial charge in [-0.3, -0.25) is 4.90 Å². The fourth-order valence-corrected chi connectivity index (χ4v) is 2.63. The van der Waals surface area contributed by atoms with Crippen LogP contribution in [0.25, 0.3) is 0 Å². The lowest BCUT2D eigenvalue weighted by molar-refractivity contribution is 0.277. The Morgan fingerprint density at radius 2 is 2.35 bits per heavy atom. The van der Waals surface area contributed by atoms with E-state index < -0.39 is 0 Å². The van der Waals surface area contributed by atoms with E-state index in [0.717, 1.165) is 29.1 Å². The van der Waals surface area contributed by atoms with Crippen molar-refractivity contribution in [3.8, 4) is 0 Å². The highest BCUT2D eigenvalue weighted by Gasteiger charge is 2.22. The number of likely N-dealkylation sites (N-methyl/N-ethyl adjacent to an activating group) is 1. The van der Waals surface area contributed by atoms with Gasteiger partial charge in [-0.25, -0.2) is 4.98 Å². The van der Waals surface area contributed by atoms with Crippen LogP contribution in [0.15, 0.2) is 16.6 Å². The molecule has 0 aliphatic carbocycles. The largest absolute Gasteiger partial charge is 0.368 e. The van der Waals surface area contributed by atoms with Gasteiger partial charge in [0, 0.05) is 17.1 Å².